The fourth-order valence-electron chi connectivity index (χ4n) is 3.05. The summed E-state index contributed by atoms with van der Waals surface area (Å²) in [5, 5.41) is 10.6. The Morgan fingerprint density at radius 2 is 1.93 bits per heavy atom. The second kappa shape index (κ2) is 9.99. The minimum Gasteiger partial charge on any atom is -0.489 e. The third kappa shape index (κ3) is 4.89. The molecule has 0 saturated carbocycles. The standard InChI is InChI=1S/C22H21FIN2OP/c1-2-16-10-18(27-14-15-6-4-3-5-7-15)8-9-19(16)17-11-21(23)20(13-25)22(12-17)26-28-24/h3-13,25-26,28H,2,14H2,1H3. The van der Waals surface area contributed by atoms with Crippen LogP contribution in [0.2, 0.25) is 0 Å². The van der Waals surface area contributed by atoms with E-state index in [2.05, 4.69) is 34.1 Å². The molecule has 6 heteroatoms. The first-order valence-corrected chi connectivity index (χ1v) is 13.0. The van der Waals surface area contributed by atoms with E-state index in [0.29, 0.717) is 18.7 Å². The quantitative estimate of drug-likeness (QED) is 0.197. The lowest BCUT2D eigenvalue weighted by Crippen LogP contribution is -1.99. The van der Waals surface area contributed by atoms with E-state index in [9.17, 15) is 4.39 Å². The highest BCUT2D eigenvalue weighted by Gasteiger charge is 2.13. The lowest BCUT2D eigenvalue weighted by molar-refractivity contribution is 0.306. The van der Waals surface area contributed by atoms with E-state index in [1.165, 1.54) is 6.07 Å². The summed E-state index contributed by atoms with van der Waals surface area (Å²) in [5.41, 5.74) is 4.91. The summed E-state index contributed by atoms with van der Waals surface area (Å²) in [6, 6.07) is 19.4. The van der Waals surface area contributed by atoms with Crippen LogP contribution in [0, 0.1) is 11.2 Å². The number of hydrogen-bond donors (Lipinski definition) is 2. The van der Waals surface area contributed by atoms with E-state index >= 15 is 0 Å². The van der Waals surface area contributed by atoms with E-state index in [1.54, 1.807) is 0 Å². The van der Waals surface area contributed by atoms with Crippen molar-refractivity contribution in [3.63, 3.8) is 0 Å². The maximum Gasteiger partial charge on any atom is 0.134 e. The second-order valence-corrected chi connectivity index (χ2v) is 8.29. The molecule has 3 nitrogen and oxygen atoms in total. The maximum absolute atomic E-state index is 14.5. The Balaban J connectivity index is 1.91. The monoisotopic (exact) mass is 506 g/mol. The molecule has 1 atom stereocenters. The van der Waals surface area contributed by atoms with Crippen LogP contribution in [0.3, 0.4) is 0 Å². The van der Waals surface area contributed by atoms with Crippen LogP contribution in [0.15, 0.2) is 60.7 Å². The number of nitrogens with one attached hydrogen (secondary N) is 2. The first-order valence-electron chi connectivity index (χ1n) is 8.92. The van der Waals surface area contributed by atoms with Crippen molar-refractivity contribution in [2.24, 2.45) is 0 Å². The van der Waals surface area contributed by atoms with Gasteiger partial charge in [0.1, 0.15) is 18.2 Å². The molecule has 0 aliphatic heterocycles. The molecule has 28 heavy (non-hydrogen) atoms. The molecule has 0 aliphatic carbocycles. The number of benzene rings is 3. The summed E-state index contributed by atoms with van der Waals surface area (Å²) in [7, 11) is 0. The number of ether oxygens (including phenoxy) is 1. The number of aryl methyl sites for hydroxylation is 1. The molecule has 3 rings (SSSR count). The van der Waals surface area contributed by atoms with E-state index < -0.39 is 5.82 Å². The van der Waals surface area contributed by atoms with Gasteiger partial charge < -0.3 is 15.2 Å². The van der Waals surface area contributed by atoms with E-state index in [1.807, 2.05) is 54.6 Å². The average Bonchev–Trinajstić information content (AvgIpc) is 2.73. The van der Waals surface area contributed by atoms with Crippen molar-refractivity contribution in [2.75, 3.05) is 5.09 Å². The lowest BCUT2D eigenvalue weighted by Gasteiger charge is -2.15. The molecule has 0 aliphatic rings. The van der Waals surface area contributed by atoms with Gasteiger partial charge in [0, 0.05) is 12.6 Å². The molecular weight excluding hydrogens is 485 g/mol. The van der Waals surface area contributed by atoms with Gasteiger partial charge in [0.15, 0.2) is 0 Å². The zero-order chi connectivity index (χ0) is 19.9. The van der Waals surface area contributed by atoms with Crippen LogP contribution in [-0.4, -0.2) is 6.21 Å². The van der Waals surface area contributed by atoms with Crippen molar-refractivity contribution in [3.8, 4) is 16.9 Å². The van der Waals surface area contributed by atoms with Gasteiger partial charge in [-0.2, -0.15) is 0 Å². The Morgan fingerprint density at radius 1 is 1.14 bits per heavy atom. The van der Waals surface area contributed by atoms with Crippen LogP contribution >= 0.6 is 28.4 Å². The minimum atomic E-state index is -0.392. The maximum atomic E-state index is 14.5. The lowest BCUT2D eigenvalue weighted by atomic mass is 9.96. The van der Waals surface area contributed by atoms with Gasteiger partial charge in [-0.25, -0.2) is 4.39 Å². The Hall–Kier alpha value is -1.98. The summed E-state index contributed by atoms with van der Waals surface area (Å²) >= 11 is 2.20. The molecule has 0 spiro atoms. The first kappa shape index (κ1) is 20.7. The molecule has 0 aromatic heterocycles. The summed E-state index contributed by atoms with van der Waals surface area (Å²) in [5.74, 6) is 0.407. The second-order valence-electron chi connectivity index (χ2n) is 6.23. The van der Waals surface area contributed by atoms with E-state index in [4.69, 9.17) is 10.1 Å². The molecule has 2 N–H and O–H groups in total. The van der Waals surface area contributed by atoms with Crippen molar-refractivity contribution < 1.29 is 9.13 Å². The minimum absolute atomic E-state index is 0.286. The van der Waals surface area contributed by atoms with Crippen LogP contribution in [0.25, 0.3) is 11.1 Å². The van der Waals surface area contributed by atoms with Gasteiger partial charge in [-0.05, 0) is 75.0 Å². The first-order chi connectivity index (χ1) is 13.7. The topological polar surface area (TPSA) is 45.1 Å². The Bertz CT molecular complexity index is 966. The molecule has 0 heterocycles. The molecule has 0 bridgehead atoms. The van der Waals surface area contributed by atoms with Crippen molar-refractivity contribution >= 4 is 40.3 Å². The van der Waals surface area contributed by atoms with Gasteiger partial charge in [0.05, 0.1) is 11.3 Å². The highest BCUT2D eigenvalue weighted by Crippen LogP contribution is 2.35. The third-order valence-electron chi connectivity index (χ3n) is 4.47. The van der Waals surface area contributed by atoms with Gasteiger partial charge in [-0.1, -0.05) is 43.3 Å². The zero-order valence-electron chi connectivity index (χ0n) is 15.4. The predicted molar refractivity (Wildman–Crippen MR) is 126 cm³/mol. The van der Waals surface area contributed by atoms with Crippen molar-refractivity contribution in [1.29, 1.82) is 5.41 Å². The molecule has 0 radical (unpaired) electrons. The van der Waals surface area contributed by atoms with E-state index in [0.717, 1.165) is 40.6 Å². The molecule has 0 amide bonds. The molecule has 1 unspecified atom stereocenters. The Kier molecular flexibility index (Phi) is 7.40. The highest BCUT2D eigenvalue weighted by molar-refractivity contribution is 14.2. The van der Waals surface area contributed by atoms with Gasteiger partial charge in [0.2, 0.25) is 0 Å². The van der Waals surface area contributed by atoms with Gasteiger partial charge in [0.25, 0.3) is 0 Å². The van der Waals surface area contributed by atoms with Crippen LogP contribution < -0.4 is 9.82 Å². The molecule has 0 saturated heterocycles. The van der Waals surface area contributed by atoms with Crippen LogP contribution in [0.1, 0.15) is 23.6 Å². The Morgan fingerprint density at radius 3 is 2.61 bits per heavy atom. The van der Waals surface area contributed by atoms with Crippen LogP contribution in [0.4, 0.5) is 10.1 Å². The fraction of sp³-hybridized carbons (Fsp3) is 0.136. The normalized spacial score (nSPS) is 11.0. The number of rotatable bonds is 8. The molecular formula is C22H21FIN2OP. The summed E-state index contributed by atoms with van der Waals surface area (Å²) in [6.07, 6.45) is 2.26. The van der Waals surface area contributed by atoms with Crippen LogP contribution in [-0.2, 0) is 13.0 Å². The summed E-state index contributed by atoms with van der Waals surface area (Å²) in [6.45, 7) is 2.59. The number of hydrogen-bond acceptors (Lipinski definition) is 3. The third-order valence-corrected chi connectivity index (χ3v) is 5.65. The van der Waals surface area contributed by atoms with Crippen molar-refractivity contribution in [2.45, 2.75) is 20.0 Å². The fourth-order valence-corrected chi connectivity index (χ4v) is 4.23. The van der Waals surface area contributed by atoms with Gasteiger partial charge in [-0.3, -0.25) is 0 Å². The van der Waals surface area contributed by atoms with E-state index in [-0.39, 0.29) is 5.56 Å². The SMILES string of the molecule is CCc1cc(OCc2ccccc2)ccc1-c1cc(F)c(C=N)c(NPI)c1. The predicted octanol–water partition coefficient (Wildman–Crippen LogP) is 6.99. The summed E-state index contributed by atoms with van der Waals surface area (Å²) in [4.78, 5) is 0. The average molecular weight is 506 g/mol. The van der Waals surface area contributed by atoms with Crippen LogP contribution in [0.5, 0.6) is 5.75 Å². The Labute approximate surface area is 179 Å². The number of anilines is 1. The molecule has 0 fully saturated rings. The molecule has 3 aromatic carbocycles. The molecule has 144 valence electrons. The largest absolute Gasteiger partial charge is 0.489 e. The van der Waals surface area contributed by atoms with Crippen molar-refractivity contribution in [3.05, 3.63) is 83.2 Å². The number of halogens is 2. The summed E-state index contributed by atoms with van der Waals surface area (Å²) < 4.78 is 20.5. The zero-order valence-corrected chi connectivity index (χ0v) is 18.6. The van der Waals surface area contributed by atoms with Gasteiger partial charge in [-0.15, -0.1) is 0 Å². The van der Waals surface area contributed by atoms with Gasteiger partial charge >= 0.3 is 0 Å². The molecule has 3 aromatic rings. The smallest absolute Gasteiger partial charge is 0.134 e. The van der Waals surface area contributed by atoms with Crippen molar-refractivity contribution in [1.82, 2.24) is 0 Å². The highest BCUT2D eigenvalue weighted by atomic mass is 127.